The van der Waals surface area contributed by atoms with Crippen LogP contribution in [0.15, 0.2) is 42.7 Å². The second-order valence-corrected chi connectivity index (χ2v) is 5.90. The minimum Gasteiger partial charge on any atom is -0.380 e. The molecule has 0 saturated carbocycles. The van der Waals surface area contributed by atoms with E-state index in [1.807, 2.05) is 30.6 Å². The molecule has 5 heteroatoms. The molecule has 1 aromatic carbocycles. The van der Waals surface area contributed by atoms with Gasteiger partial charge in [-0.3, -0.25) is 0 Å². The Balaban J connectivity index is 1.57. The lowest BCUT2D eigenvalue weighted by Gasteiger charge is -2.23. The summed E-state index contributed by atoms with van der Waals surface area (Å²) in [6.07, 6.45) is 5.94. The van der Waals surface area contributed by atoms with E-state index in [2.05, 4.69) is 27.0 Å². The van der Waals surface area contributed by atoms with Crippen LogP contribution in [0.4, 0.5) is 0 Å². The van der Waals surface area contributed by atoms with Crippen LogP contribution in [0.1, 0.15) is 24.8 Å². The normalized spacial score (nSPS) is 28.3. The van der Waals surface area contributed by atoms with Gasteiger partial charge in [-0.05, 0) is 25.0 Å². The quantitative estimate of drug-likeness (QED) is 0.939. The molecule has 2 saturated heterocycles. The standard InChI is InChI=1S/C17H21N3O2/c1-2-4-14(5-3-1)20-9-8-18-17(20)16-15(7-11-22-16)19-13-6-10-21-12-13/h1-5,8-9,13,15-16,19H,6-7,10-12H2/t13-,15-,16-/m0/s1. The molecule has 1 N–H and O–H groups in total. The summed E-state index contributed by atoms with van der Waals surface area (Å²) < 4.78 is 13.6. The van der Waals surface area contributed by atoms with Crippen molar-refractivity contribution in [2.75, 3.05) is 19.8 Å². The van der Waals surface area contributed by atoms with Gasteiger partial charge in [-0.1, -0.05) is 18.2 Å². The predicted molar refractivity (Wildman–Crippen MR) is 83.0 cm³/mol. The number of benzene rings is 1. The van der Waals surface area contributed by atoms with E-state index < -0.39 is 0 Å². The molecule has 2 aliphatic heterocycles. The molecule has 4 rings (SSSR count). The van der Waals surface area contributed by atoms with E-state index in [9.17, 15) is 0 Å². The second-order valence-electron chi connectivity index (χ2n) is 5.90. The maximum Gasteiger partial charge on any atom is 0.144 e. The van der Waals surface area contributed by atoms with Crippen molar-refractivity contribution < 1.29 is 9.47 Å². The summed E-state index contributed by atoms with van der Waals surface area (Å²) in [5.74, 6) is 0.972. The lowest BCUT2D eigenvalue weighted by Crippen LogP contribution is -2.40. The lowest BCUT2D eigenvalue weighted by molar-refractivity contribution is 0.0874. The van der Waals surface area contributed by atoms with Gasteiger partial charge in [0.05, 0.1) is 6.61 Å². The lowest BCUT2D eigenvalue weighted by atomic mass is 10.1. The number of rotatable bonds is 4. The third-order valence-electron chi connectivity index (χ3n) is 4.43. The first-order valence-corrected chi connectivity index (χ1v) is 7.96. The number of para-hydroxylation sites is 1. The summed E-state index contributed by atoms with van der Waals surface area (Å²) >= 11 is 0. The fourth-order valence-electron chi connectivity index (χ4n) is 3.32. The molecule has 5 nitrogen and oxygen atoms in total. The van der Waals surface area contributed by atoms with Crippen molar-refractivity contribution in [2.24, 2.45) is 0 Å². The summed E-state index contributed by atoms with van der Waals surface area (Å²) in [4.78, 5) is 4.57. The maximum absolute atomic E-state index is 6.00. The molecule has 0 bridgehead atoms. The van der Waals surface area contributed by atoms with Gasteiger partial charge in [0.2, 0.25) is 0 Å². The third kappa shape index (κ3) is 2.67. The SMILES string of the molecule is c1ccc(-n2ccnc2[C@H]2OCC[C@@H]2N[C@H]2CCOC2)cc1. The Bertz CT molecular complexity index is 607. The molecule has 0 unspecified atom stereocenters. The molecular formula is C17H21N3O2. The Hall–Kier alpha value is -1.69. The van der Waals surface area contributed by atoms with Gasteiger partial charge < -0.3 is 19.4 Å². The van der Waals surface area contributed by atoms with E-state index in [4.69, 9.17) is 9.47 Å². The first kappa shape index (κ1) is 13.9. The van der Waals surface area contributed by atoms with E-state index in [1.165, 1.54) is 0 Å². The second kappa shape index (κ2) is 6.20. The zero-order valence-corrected chi connectivity index (χ0v) is 12.5. The van der Waals surface area contributed by atoms with E-state index >= 15 is 0 Å². The van der Waals surface area contributed by atoms with Crippen molar-refractivity contribution in [3.05, 3.63) is 48.5 Å². The van der Waals surface area contributed by atoms with Crippen molar-refractivity contribution in [3.8, 4) is 5.69 Å². The van der Waals surface area contributed by atoms with Gasteiger partial charge in [-0.25, -0.2) is 4.98 Å². The van der Waals surface area contributed by atoms with Crippen molar-refractivity contribution in [3.63, 3.8) is 0 Å². The van der Waals surface area contributed by atoms with Crippen LogP contribution in [0, 0.1) is 0 Å². The highest BCUT2D eigenvalue weighted by Crippen LogP contribution is 2.30. The van der Waals surface area contributed by atoms with E-state index in [1.54, 1.807) is 0 Å². The summed E-state index contributed by atoms with van der Waals surface area (Å²) in [6, 6.07) is 11.0. The Morgan fingerprint density at radius 1 is 1.14 bits per heavy atom. The van der Waals surface area contributed by atoms with Gasteiger partial charge in [-0.15, -0.1) is 0 Å². The molecule has 0 amide bonds. The Kier molecular flexibility index (Phi) is 3.93. The number of hydrogen-bond acceptors (Lipinski definition) is 4. The van der Waals surface area contributed by atoms with E-state index in [0.717, 1.165) is 44.2 Å². The topological polar surface area (TPSA) is 48.3 Å². The van der Waals surface area contributed by atoms with Crippen LogP contribution in [0.25, 0.3) is 5.69 Å². The number of nitrogens with zero attached hydrogens (tertiary/aromatic N) is 2. The largest absolute Gasteiger partial charge is 0.380 e. The van der Waals surface area contributed by atoms with Crippen LogP contribution in [-0.2, 0) is 9.47 Å². The number of nitrogens with one attached hydrogen (secondary N) is 1. The predicted octanol–water partition coefficient (Wildman–Crippen LogP) is 2.08. The molecule has 0 spiro atoms. The van der Waals surface area contributed by atoms with Crippen molar-refractivity contribution in [2.45, 2.75) is 31.0 Å². The van der Waals surface area contributed by atoms with Crippen LogP contribution in [0.5, 0.6) is 0 Å². The Morgan fingerprint density at radius 2 is 2.05 bits per heavy atom. The zero-order valence-electron chi connectivity index (χ0n) is 12.5. The van der Waals surface area contributed by atoms with Gasteiger partial charge >= 0.3 is 0 Å². The number of aromatic nitrogens is 2. The molecule has 2 fully saturated rings. The van der Waals surface area contributed by atoms with Crippen LogP contribution >= 0.6 is 0 Å². The number of hydrogen-bond donors (Lipinski definition) is 1. The first-order chi connectivity index (χ1) is 10.9. The zero-order chi connectivity index (χ0) is 14.8. The molecule has 2 aromatic rings. The van der Waals surface area contributed by atoms with E-state index in [0.29, 0.717) is 12.1 Å². The minimum absolute atomic E-state index is 0.00388. The van der Waals surface area contributed by atoms with Gasteiger partial charge in [0, 0.05) is 43.4 Å². The van der Waals surface area contributed by atoms with Crippen molar-refractivity contribution >= 4 is 0 Å². The van der Waals surface area contributed by atoms with Crippen LogP contribution < -0.4 is 5.32 Å². The molecule has 0 aliphatic carbocycles. The minimum atomic E-state index is -0.00388. The highest BCUT2D eigenvalue weighted by Gasteiger charge is 2.35. The van der Waals surface area contributed by atoms with Gasteiger partial charge in [-0.2, -0.15) is 0 Å². The molecular weight excluding hydrogens is 278 g/mol. The molecule has 116 valence electrons. The van der Waals surface area contributed by atoms with Gasteiger partial charge in [0.1, 0.15) is 11.9 Å². The van der Waals surface area contributed by atoms with E-state index in [-0.39, 0.29) is 6.10 Å². The summed E-state index contributed by atoms with van der Waals surface area (Å²) in [6.45, 7) is 2.43. The van der Waals surface area contributed by atoms with Crippen LogP contribution in [0.2, 0.25) is 0 Å². The Morgan fingerprint density at radius 3 is 2.86 bits per heavy atom. The van der Waals surface area contributed by atoms with Crippen LogP contribution in [0.3, 0.4) is 0 Å². The summed E-state index contributed by atoms with van der Waals surface area (Å²) in [5.41, 5.74) is 1.12. The average molecular weight is 299 g/mol. The fraction of sp³-hybridized carbons (Fsp3) is 0.471. The van der Waals surface area contributed by atoms with Crippen LogP contribution in [-0.4, -0.2) is 41.5 Å². The smallest absolute Gasteiger partial charge is 0.144 e. The first-order valence-electron chi connectivity index (χ1n) is 7.96. The monoisotopic (exact) mass is 299 g/mol. The van der Waals surface area contributed by atoms with Crippen molar-refractivity contribution in [1.29, 1.82) is 0 Å². The number of imidazole rings is 1. The molecule has 22 heavy (non-hydrogen) atoms. The highest BCUT2D eigenvalue weighted by atomic mass is 16.5. The fourth-order valence-corrected chi connectivity index (χ4v) is 3.32. The molecule has 3 atom stereocenters. The van der Waals surface area contributed by atoms with Gasteiger partial charge in [0.25, 0.3) is 0 Å². The van der Waals surface area contributed by atoms with Crippen molar-refractivity contribution in [1.82, 2.24) is 14.9 Å². The summed E-state index contributed by atoms with van der Waals surface area (Å²) in [5, 5.41) is 3.69. The molecule has 0 radical (unpaired) electrons. The summed E-state index contributed by atoms with van der Waals surface area (Å²) in [7, 11) is 0. The molecule has 3 heterocycles. The molecule has 2 aliphatic rings. The number of ether oxygens (including phenoxy) is 2. The highest BCUT2D eigenvalue weighted by molar-refractivity contribution is 5.33. The maximum atomic E-state index is 6.00. The molecule has 1 aromatic heterocycles. The average Bonchev–Trinajstić information content (AvgIpc) is 3.29. The van der Waals surface area contributed by atoms with Gasteiger partial charge in [0.15, 0.2) is 0 Å². The third-order valence-corrected chi connectivity index (χ3v) is 4.43. The Labute approximate surface area is 130 Å².